The second-order valence-electron chi connectivity index (χ2n) is 4.37. The smallest absolute Gasteiger partial charge is 0.230 e. The molecule has 86 valence electrons. The van der Waals surface area contributed by atoms with Crippen molar-refractivity contribution in [1.29, 1.82) is 0 Å². The van der Waals surface area contributed by atoms with Crippen molar-refractivity contribution in [3.05, 3.63) is 42.2 Å². The molecule has 1 atom stereocenters. The summed E-state index contributed by atoms with van der Waals surface area (Å²) in [5, 5.41) is 0. The second-order valence-corrected chi connectivity index (χ2v) is 4.37. The van der Waals surface area contributed by atoms with Gasteiger partial charge in [-0.2, -0.15) is 0 Å². The molecular weight excluding hydrogens is 212 g/mol. The van der Waals surface area contributed by atoms with E-state index in [2.05, 4.69) is 40.0 Å². The summed E-state index contributed by atoms with van der Waals surface area (Å²) in [6.45, 7) is 2.18. The lowest BCUT2D eigenvalue weighted by Gasteiger charge is -2.22. The van der Waals surface area contributed by atoms with Crippen molar-refractivity contribution in [2.75, 3.05) is 10.6 Å². The van der Waals surface area contributed by atoms with Gasteiger partial charge in [0.05, 0.1) is 18.1 Å². The average Bonchev–Trinajstić information content (AvgIpc) is 2.66. The van der Waals surface area contributed by atoms with Gasteiger partial charge in [-0.1, -0.05) is 18.2 Å². The molecule has 17 heavy (non-hydrogen) atoms. The third-order valence-corrected chi connectivity index (χ3v) is 3.08. The molecule has 1 aromatic carbocycles. The molecule has 4 heteroatoms. The van der Waals surface area contributed by atoms with E-state index < -0.39 is 0 Å². The zero-order chi connectivity index (χ0) is 11.8. The molecule has 0 saturated carbocycles. The molecule has 2 aromatic rings. The zero-order valence-corrected chi connectivity index (χ0v) is 9.67. The van der Waals surface area contributed by atoms with Crippen LogP contribution in [0.1, 0.15) is 12.5 Å². The van der Waals surface area contributed by atoms with E-state index in [1.54, 1.807) is 12.4 Å². The highest BCUT2D eigenvalue weighted by Crippen LogP contribution is 2.35. The summed E-state index contributed by atoms with van der Waals surface area (Å²) in [6.07, 6.45) is 4.33. The van der Waals surface area contributed by atoms with E-state index in [0.29, 0.717) is 11.7 Å². The van der Waals surface area contributed by atoms with Crippen LogP contribution in [0.4, 0.5) is 17.3 Å². The molecule has 2 heterocycles. The Balaban J connectivity index is 2.06. The SMILES string of the molecule is CC1Cc2ccccc2N1c1ncc(N)cn1. The van der Waals surface area contributed by atoms with Gasteiger partial charge in [-0.05, 0) is 25.0 Å². The summed E-state index contributed by atoms with van der Waals surface area (Å²) in [6, 6.07) is 8.76. The normalized spacial score (nSPS) is 18.2. The van der Waals surface area contributed by atoms with Crippen LogP contribution in [-0.2, 0) is 6.42 Å². The van der Waals surface area contributed by atoms with E-state index in [1.165, 1.54) is 11.3 Å². The lowest BCUT2D eigenvalue weighted by Crippen LogP contribution is -2.25. The standard InChI is InChI=1S/C13H14N4/c1-9-6-10-4-2-3-5-12(10)17(9)13-15-7-11(14)8-16-13/h2-5,7-9H,6,14H2,1H3. The van der Waals surface area contributed by atoms with Crippen molar-refractivity contribution >= 4 is 17.3 Å². The minimum Gasteiger partial charge on any atom is -0.396 e. The highest BCUT2D eigenvalue weighted by atomic mass is 15.3. The highest BCUT2D eigenvalue weighted by Gasteiger charge is 2.28. The van der Waals surface area contributed by atoms with Crippen LogP contribution in [0, 0.1) is 0 Å². The van der Waals surface area contributed by atoms with Gasteiger partial charge >= 0.3 is 0 Å². The fourth-order valence-electron chi connectivity index (χ4n) is 2.33. The van der Waals surface area contributed by atoms with Crippen LogP contribution >= 0.6 is 0 Å². The Hall–Kier alpha value is -2.10. The second kappa shape index (κ2) is 3.73. The number of anilines is 3. The Kier molecular flexibility index (Phi) is 2.21. The van der Waals surface area contributed by atoms with Crippen LogP contribution in [0.2, 0.25) is 0 Å². The summed E-state index contributed by atoms with van der Waals surface area (Å²) in [4.78, 5) is 10.8. The lowest BCUT2D eigenvalue weighted by molar-refractivity contribution is 0.740. The monoisotopic (exact) mass is 226 g/mol. The number of aromatic nitrogens is 2. The van der Waals surface area contributed by atoms with E-state index in [9.17, 15) is 0 Å². The summed E-state index contributed by atoms with van der Waals surface area (Å²) in [5.74, 6) is 0.719. The Bertz CT molecular complexity index is 535. The molecule has 0 fully saturated rings. The minimum absolute atomic E-state index is 0.385. The van der Waals surface area contributed by atoms with Crippen LogP contribution in [0.15, 0.2) is 36.7 Å². The van der Waals surface area contributed by atoms with Crippen molar-refractivity contribution in [2.45, 2.75) is 19.4 Å². The molecule has 1 unspecified atom stereocenters. The van der Waals surface area contributed by atoms with E-state index in [0.717, 1.165) is 12.4 Å². The van der Waals surface area contributed by atoms with Gasteiger partial charge in [-0.3, -0.25) is 0 Å². The predicted molar refractivity (Wildman–Crippen MR) is 68.2 cm³/mol. The van der Waals surface area contributed by atoms with Crippen molar-refractivity contribution in [2.24, 2.45) is 0 Å². The Labute approximate surface area is 100 Å². The Morgan fingerprint density at radius 2 is 1.94 bits per heavy atom. The van der Waals surface area contributed by atoms with Crippen LogP contribution in [0.3, 0.4) is 0 Å². The first-order chi connectivity index (χ1) is 8.25. The molecule has 4 nitrogen and oxygen atoms in total. The molecule has 2 N–H and O–H groups in total. The van der Waals surface area contributed by atoms with E-state index >= 15 is 0 Å². The number of nitrogens with two attached hydrogens (primary N) is 1. The number of nitrogen functional groups attached to an aromatic ring is 1. The fourth-order valence-corrected chi connectivity index (χ4v) is 2.33. The number of hydrogen-bond acceptors (Lipinski definition) is 4. The van der Waals surface area contributed by atoms with Gasteiger partial charge in [0.2, 0.25) is 5.95 Å². The van der Waals surface area contributed by atoms with Crippen molar-refractivity contribution in [1.82, 2.24) is 9.97 Å². The van der Waals surface area contributed by atoms with Gasteiger partial charge in [0.1, 0.15) is 0 Å². The number of nitrogens with zero attached hydrogens (tertiary/aromatic N) is 3. The quantitative estimate of drug-likeness (QED) is 0.809. The zero-order valence-electron chi connectivity index (χ0n) is 9.67. The first-order valence-electron chi connectivity index (χ1n) is 5.70. The first-order valence-corrected chi connectivity index (χ1v) is 5.70. The van der Waals surface area contributed by atoms with Gasteiger partial charge in [-0.15, -0.1) is 0 Å². The summed E-state index contributed by atoms with van der Waals surface area (Å²) < 4.78 is 0. The van der Waals surface area contributed by atoms with E-state index in [-0.39, 0.29) is 0 Å². The third-order valence-electron chi connectivity index (χ3n) is 3.08. The Morgan fingerprint density at radius 3 is 2.71 bits per heavy atom. The number of hydrogen-bond donors (Lipinski definition) is 1. The number of benzene rings is 1. The molecule has 0 spiro atoms. The molecule has 1 aliphatic rings. The first kappa shape index (κ1) is 10.1. The molecular formula is C13H14N4. The predicted octanol–water partition coefficient (Wildman–Crippen LogP) is 2.14. The van der Waals surface area contributed by atoms with Crippen LogP contribution < -0.4 is 10.6 Å². The lowest BCUT2D eigenvalue weighted by atomic mass is 10.1. The van der Waals surface area contributed by atoms with Gasteiger partial charge < -0.3 is 10.6 Å². The number of para-hydroxylation sites is 1. The highest BCUT2D eigenvalue weighted by molar-refractivity contribution is 5.67. The van der Waals surface area contributed by atoms with Gasteiger partial charge in [0, 0.05) is 11.7 Å². The maximum atomic E-state index is 5.61. The molecule has 0 saturated heterocycles. The van der Waals surface area contributed by atoms with Crippen LogP contribution in [-0.4, -0.2) is 16.0 Å². The van der Waals surface area contributed by atoms with Crippen molar-refractivity contribution < 1.29 is 0 Å². The Morgan fingerprint density at radius 1 is 1.24 bits per heavy atom. The van der Waals surface area contributed by atoms with E-state index in [1.807, 2.05) is 6.07 Å². The maximum absolute atomic E-state index is 5.61. The largest absolute Gasteiger partial charge is 0.396 e. The summed E-state index contributed by atoms with van der Waals surface area (Å²) in [5.41, 5.74) is 8.75. The van der Waals surface area contributed by atoms with Gasteiger partial charge in [-0.25, -0.2) is 9.97 Å². The third kappa shape index (κ3) is 1.62. The number of fused-ring (bicyclic) bond motifs is 1. The molecule has 3 rings (SSSR count). The topological polar surface area (TPSA) is 55.0 Å². The van der Waals surface area contributed by atoms with Crippen molar-refractivity contribution in [3.63, 3.8) is 0 Å². The minimum atomic E-state index is 0.385. The molecule has 0 radical (unpaired) electrons. The van der Waals surface area contributed by atoms with Crippen LogP contribution in [0.25, 0.3) is 0 Å². The summed E-state index contributed by atoms with van der Waals surface area (Å²) >= 11 is 0. The van der Waals surface area contributed by atoms with Crippen molar-refractivity contribution in [3.8, 4) is 0 Å². The van der Waals surface area contributed by atoms with Gasteiger partial charge in [0.15, 0.2) is 0 Å². The molecule has 0 bridgehead atoms. The molecule has 1 aliphatic heterocycles. The fraction of sp³-hybridized carbons (Fsp3) is 0.231. The van der Waals surface area contributed by atoms with Gasteiger partial charge in [0.25, 0.3) is 0 Å². The van der Waals surface area contributed by atoms with E-state index in [4.69, 9.17) is 5.73 Å². The maximum Gasteiger partial charge on any atom is 0.230 e. The average molecular weight is 226 g/mol. The molecule has 1 aromatic heterocycles. The molecule has 0 amide bonds. The molecule has 0 aliphatic carbocycles. The number of rotatable bonds is 1. The van der Waals surface area contributed by atoms with Crippen LogP contribution in [0.5, 0.6) is 0 Å². The summed E-state index contributed by atoms with van der Waals surface area (Å²) in [7, 11) is 0.